The first-order chi connectivity index (χ1) is 12.7. The molecule has 1 aromatic carbocycles. The summed E-state index contributed by atoms with van der Waals surface area (Å²) in [6, 6.07) is 13.3. The largest absolute Gasteiger partial charge is 0.361 e. The number of nitrogens with zero attached hydrogens (tertiary/aromatic N) is 6. The predicted octanol–water partition coefficient (Wildman–Crippen LogP) is 3.26. The highest BCUT2D eigenvalue weighted by Gasteiger charge is 2.10. The molecule has 0 saturated carbocycles. The summed E-state index contributed by atoms with van der Waals surface area (Å²) in [4.78, 5) is 17.6. The molecular formula is C19H15N7. The molecule has 0 saturated heterocycles. The van der Waals surface area contributed by atoms with Crippen LogP contribution in [-0.2, 0) is 0 Å². The van der Waals surface area contributed by atoms with Gasteiger partial charge in [0.25, 0.3) is 0 Å². The Morgan fingerprint density at radius 3 is 2.88 bits per heavy atom. The van der Waals surface area contributed by atoms with Crippen LogP contribution in [0.3, 0.4) is 0 Å². The van der Waals surface area contributed by atoms with E-state index in [9.17, 15) is 0 Å². The lowest BCUT2D eigenvalue weighted by molar-refractivity contribution is 0.826. The van der Waals surface area contributed by atoms with Crippen molar-refractivity contribution in [2.45, 2.75) is 13.0 Å². The van der Waals surface area contributed by atoms with Gasteiger partial charge >= 0.3 is 0 Å². The molecule has 0 aliphatic heterocycles. The number of aromatic nitrogens is 5. The summed E-state index contributed by atoms with van der Waals surface area (Å²) in [5.74, 6) is 1.30. The maximum atomic E-state index is 9.01. The minimum atomic E-state index is -0.00142. The van der Waals surface area contributed by atoms with E-state index in [4.69, 9.17) is 5.26 Å². The Balaban J connectivity index is 1.65. The predicted molar refractivity (Wildman–Crippen MR) is 97.6 cm³/mol. The van der Waals surface area contributed by atoms with Gasteiger partial charge in [0.1, 0.15) is 12.1 Å². The van der Waals surface area contributed by atoms with Gasteiger partial charge in [-0.1, -0.05) is 6.07 Å². The maximum Gasteiger partial charge on any atom is 0.159 e. The van der Waals surface area contributed by atoms with E-state index in [0.717, 1.165) is 16.7 Å². The third-order valence-electron chi connectivity index (χ3n) is 4.04. The van der Waals surface area contributed by atoms with Gasteiger partial charge < -0.3 is 5.32 Å². The number of hydrogen-bond donors (Lipinski definition) is 1. The molecule has 126 valence electrons. The topological polar surface area (TPSA) is 92.3 Å². The Morgan fingerprint density at radius 2 is 2.08 bits per heavy atom. The van der Waals surface area contributed by atoms with Crippen molar-refractivity contribution in [2.24, 2.45) is 0 Å². The Labute approximate surface area is 150 Å². The lowest BCUT2D eigenvalue weighted by Gasteiger charge is -2.14. The van der Waals surface area contributed by atoms with E-state index < -0.39 is 0 Å². The molecule has 0 bridgehead atoms. The number of imidazole rings is 1. The van der Waals surface area contributed by atoms with E-state index in [-0.39, 0.29) is 6.04 Å². The molecule has 26 heavy (non-hydrogen) atoms. The third kappa shape index (κ3) is 2.96. The summed E-state index contributed by atoms with van der Waals surface area (Å²) in [5, 5.41) is 12.3. The van der Waals surface area contributed by atoms with E-state index in [1.54, 1.807) is 37.1 Å². The molecule has 3 heterocycles. The summed E-state index contributed by atoms with van der Waals surface area (Å²) >= 11 is 0. The van der Waals surface area contributed by atoms with E-state index in [1.165, 1.54) is 0 Å². The molecule has 7 nitrogen and oxygen atoms in total. The zero-order valence-corrected chi connectivity index (χ0v) is 14.0. The van der Waals surface area contributed by atoms with Crippen molar-refractivity contribution in [1.82, 2.24) is 24.5 Å². The monoisotopic (exact) mass is 341 g/mol. The number of nitrogens with one attached hydrogen (secondary N) is 1. The van der Waals surface area contributed by atoms with Crippen LogP contribution in [0.4, 0.5) is 5.82 Å². The van der Waals surface area contributed by atoms with Crippen LogP contribution in [0.15, 0.2) is 61.3 Å². The number of benzene rings is 1. The van der Waals surface area contributed by atoms with Crippen molar-refractivity contribution in [1.29, 1.82) is 5.26 Å². The molecule has 1 unspecified atom stereocenters. The molecule has 1 N–H and O–H groups in total. The first-order valence-electron chi connectivity index (χ1n) is 8.12. The van der Waals surface area contributed by atoms with Crippen molar-refractivity contribution >= 4 is 16.9 Å². The second-order valence-electron chi connectivity index (χ2n) is 5.81. The van der Waals surface area contributed by atoms with Gasteiger partial charge in [-0.05, 0) is 37.3 Å². The highest BCUT2D eigenvalue weighted by atomic mass is 15.2. The van der Waals surface area contributed by atoms with Gasteiger partial charge in [0.05, 0.1) is 46.8 Å². The second-order valence-corrected chi connectivity index (χ2v) is 5.81. The number of rotatable bonds is 4. The highest BCUT2D eigenvalue weighted by Crippen LogP contribution is 2.20. The highest BCUT2D eigenvalue weighted by molar-refractivity contribution is 5.78. The van der Waals surface area contributed by atoms with Crippen LogP contribution < -0.4 is 5.32 Å². The van der Waals surface area contributed by atoms with Gasteiger partial charge in [0.2, 0.25) is 0 Å². The van der Waals surface area contributed by atoms with Gasteiger partial charge in [0.15, 0.2) is 5.82 Å². The van der Waals surface area contributed by atoms with Crippen LogP contribution in [0.25, 0.3) is 16.9 Å². The molecular weight excluding hydrogens is 326 g/mol. The van der Waals surface area contributed by atoms with Gasteiger partial charge in [0, 0.05) is 6.20 Å². The van der Waals surface area contributed by atoms with E-state index in [2.05, 4.69) is 31.3 Å². The van der Waals surface area contributed by atoms with Crippen LogP contribution in [0.2, 0.25) is 0 Å². The number of hydrogen-bond acceptors (Lipinski definition) is 6. The molecule has 1 atom stereocenters. The van der Waals surface area contributed by atoms with Gasteiger partial charge in [-0.15, -0.1) is 0 Å². The fraction of sp³-hybridized carbons (Fsp3) is 0.105. The maximum absolute atomic E-state index is 9.01. The quantitative estimate of drug-likeness (QED) is 0.612. The van der Waals surface area contributed by atoms with Crippen molar-refractivity contribution < 1.29 is 0 Å². The molecule has 4 rings (SSSR count). The Hall–Kier alpha value is -3.79. The van der Waals surface area contributed by atoms with Crippen molar-refractivity contribution in [2.75, 3.05) is 5.32 Å². The minimum Gasteiger partial charge on any atom is -0.361 e. The summed E-state index contributed by atoms with van der Waals surface area (Å²) in [6.07, 6.45) is 6.80. The number of pyridine rings is 1. The van der Waals surface area contributed by atoms with Crippen LogP contribution in [0.1, 0.15) is 24.2 Å². The first kappa shape index (κ1) is 15.7. The van der Waals surface area contributed by atoms with Crippen LogP contribution in [0.5, 0.6) is 0 Å². The fourth-order valence-corrected chi connectivity index (χ4v) is 2.73. The Kier molecular flexibility index (Phi) is 4.00. The molecule has 0 spiro atoms. The second kappa shape index (κ2) is 6.61. The van der Waals surface area contributed by atoms with E-state index in [1.807, 2.05) is 35.8 Å². The zero-order chi connectivity index (χ0) is 17.9. The molecule has 0 fully saturated rings. The van der Waals surface area contributed by atoms with Crippen molar-refractivity contribution in [3.63, 3.8) is 0 Å². The van der Waals surface area contributed by atoms with E-state index >= 15 is 0 Å². The number of nitriles is 1. The first-order valence-corrected chi connectivity index (χ1v) is 8.12. The Morgan fingerprint density at radius 1 is 1.15 bits per heavy atom. The molecule has 0 radical (unpaired) electrons. The van der Waals surface area contributed by atoms with Gasteiger partial charge in [-0.3, -0.25) is 14.5 Å². The normalized spacial score (nSPS) is 11.8. The smallest absolute Gasteiger partial charge is 0.159 e. The average Bonchev–Trinajstić information content (AvgIpc) is 3.12. The molecule has 3 aromatic heterocycles. The standard InChI is InChI=1S/C19H15N7/c1-13(15-4-2-3-7-22-15)24-18-10-21-11-19(25-18)26-12-23-16-8-14(9-20)5-6-17(16)26/h2-8,10-13H,1H3,(H,24,25). The summed E-state index contributed by atoms with van der Waals surface area (Å²) < 4.78 is 1.85. The van der Waals surface area contributed by atoms with Crippen LogP contribution >= 0.6 is 0 Å². The molecule has 0 amide bonds. The molecule has 0 aliphatic rings. The third-order valence-corrected chi connectivity index (χ3v) is 4.04. The van der Waals surface area contributed by atoms with Gasteiger partial charge in [-0.2, -0.15) is 5.26 Å². The average molecular weight is 341 g/mol. The summed E-state index contributed by atoms with van der Waals surface area (Å²) in [6.45, 7) is 2.02. The molecule has 4 aromatic rings. The molecule has 0 aliphatic carbocycles. The lowest BCUT2D eigenvalue weighted by Crippen LogP contribution is -2.10. The van der Waals surface area contributed by atoms with Gasteiger partial charge in [-0.25, -0.2) is 9.97 Å². The van der Waals surface area contributed by atoms with Crippen LogP contribution in [0, 0.1) is 11.3 Å². The Bertz CT molecular complexity index is 1100. The van der Waals surface area contributed by atoms with Crippen molar-refractivity contribution in [3.8, 4) is 11.9 Å². The SMILES string of the molecule is CC(Nc1cncc(-n2cnc3cc(C#N)ccc32)n1)c1ccccn1. The lowest BCUT2D eigenvalue weighted by atomic mass is 10.2. The number of fused-ring (bicyclic) bond motifs is 1. The van der Waals surface area contributed by atoms with E-state index in [0.29, 0.717) is 17.2 Å². The zero-order valence-electron chi connectivity index (χ0n) is 14.0. The van der Waals surface area contributed by atoms with Crippen molar-refractivity contribution in [3.05, 3.63) is 72.6 Å². The fourth-order valence-electron chi connectivity index (χ4n) is 2.73. The minimum absolute atomic E-state index is 0.00142. The van der Waals surface area contributed by atoms with Crippen LogP contribution in [-0.4, -0.2) is 24.5 Å². The summed E-state index contributed by atoms with van der Waals surface area (Å²) in [5.41, 5.74) is 3.12. The molecule has 7 heteroatoms. The number of anilines is 1. The summed E-state index contributed by atoms with van der Waals surface area (Å²) in [7, 11) is 0.